The molecule has 2 N–H and O–H groups in total. The van der Waals surface area contributed by atoms with Crippen LogP contribution in [0.25, 0.3) is 0 Å². The molecule has 7 heteroatoms. The molecule has 0 aromatic heterocycles. The summed E-state index contributed by atoms with van der Waals surface area (Å²) in [4.78, 5) is 37.3. The molecule has 0 radical (unpaired) electrons. The van der Waals surface area contributed by atoms with Gasteiger partial charge in [-0.2, -0.15) is 0 Å². The number of amides is 2. The molecule has 3 unspecified atom stereocenters. The first-order chi connectivity index (χ1) is 11.1. The topological polar surface area (TPSA) is 95.9 Å². The van der Waals surface area contributed by atoms with Crippen LogP contribution in [0.2, 0.25) is 0 Å². The Labute approximate surface area is 142 Å². The van der Waals surface area contributed by atoms with Crippen LogP contribution < -0.4 is 5.32 Å². The molecule has 1 saturated carbocycles. The molecule has 0 spiro atoms. The Bertz CT molecular complexity index is 514. The van der Waals surface area contributed by atoms with Crippen LogP contribution in [-0.2, 0) is 14.3 Å². The molecule has 136 valence electrons. The van der Waals surface area contributed by atoms with E-state index in [1.54, 1.807) is 20.8 Å². The lowest BCUT2D eigenvalue weighted by atomic mass is 9.72. The lowest BCUT2D eigenvalue weighted by Gasteiger charge is -2.33. The standard InChI is InChI=1S/C17H28N2O5/c1-10-6-5-7-11-9-19(14(13(10)11)15(21)22)12(20)8-18-16(23)24-17(2,3)4/h10-11,13-14H,5-9H2,1-4H3,(H,18,23)(H,21,22)/t10?,11?,13?,14-/m0/s1. The second kappa shape index (κ2) is 6.99. The van der Waals surface area contributed by atoms with Crippen LogP contribution in [0.15, 0.2) is 0 Å². The van der Waals surface area contributed by atoms with E-state index in [0.717, 1.165) is 19.3 Å². The van der Waals surface area contributed by atoms with Gasteiger partial charge in [-0.15, -0.1) is 0 Å². The Hall–Kier alpha value is -1.79. The summed E-state index contributed by atoms with van der Waals surface area (Å²) in [5.74, 6) is -0.791. The van der Waals surface area contributed by atoms with E-state index in [0.29, 0.717) is 12.5 Å². The average Bonchev–Trinajstić information content (AvgIpc) is 2.84. The number of ether oxygens (including phenoxy) is 1. The van der Waals surface area contributed by atoms with E-state index in [1.807, 2.05) is 0 Å². The van der Waals surface area contributed by atoms with Gasteiger partial charge in [0.1, 0.15) is 18.2 Å². The molecule has 1 heterocycles. The monoisotopic (exact) mass is 340 g/mol. The number of carbonyl (C=O) groups is 3. The van der Waals surface area contributed by atoms with Crippen LogP contribution in [0.5, 0.6) is 0 Å². The number of fused-ring (bicyclic) bond motifs is 1. The first-order valence-corrected chi connectivity index (χ1v) is 8.59. The lowest BCUT2D eigenvalue weighted by molar-refractivity contribution is -0.150. The van der Waals surface area contributed by atoms with Crippen LogP contribution in [0, 0.1) is 17.8 Å². The third-order valence-corrected chi connectivity index (χ3v) is 4.92. The number of alkyl carbamates (subject to hydrolysis) is 1. The maximum absolute atomic E-state index is 12.5. The molecule has 0 bridgehead atoms. The summed E-state index contributed by atoms with van der Waals surface area (Å²) in [7, 11) is 0. The van der Waals surface area contributed by atoms with Gasteiger partial charge in [0.25, 0.3) is 0 Å². The van der Waals surface area contributed by atoms with Crippen molar-refractivity contribution in [1.82, 2.24) is 10.2 Å². The molecule has 2 amide bonds. The fraction of sp³-hybridized carbons (Fsp3) is 0.824. The van der Waals surface area contributed by atoms with Crippen molar-refractivity contribution in [2.24, 2.45) is 17.8 Å². The molecular weight excluding hydrogens is 312 g/mol. The molecule has 2 aliphatic rings. The lowest BCUT2D eigenvalue weighted by Crippen LogP contribution is -2.48. The van der Waals surface area contributed by atoms with Gasteiger partial charge < -0.3 is 20.1 Å². The normalized spacial score (nSPS) is 29.8. The van der Waals surface area contributed by atoms with Crippen LogP contribution in [-0.4, -0.2) is 52.7 Å². The SMILES string of the molecule is CC1CCCC2CN(C(=O)CNC(=O)OC(C)(C)C)[C@H](C(=O)O)C12. The van der Waals surface area contributed by atoms with Crippen molar-refractivity contribution < 1.29 is 24.2 Å². The molecule has 4 atom stereocenters. The molecule has 0 aromatic carbocycles. The third-order valence-electron chi connectivity index (χ3n) is 4.92. The number of hydrogen-bond donors (Lipinski definition) is 2. The summed E-state index contributed by atoms with van der Waals surface area (Å²) < 4.78 is 5.10. The first kappa shape index (κ1) is 18.5. The predicted octanol–water partition coefficient (Wildman–Crippen LogP) is 1.86. The highest BCUT2D eigenvalue weighted by Crippen LogP contribution is 2.43. The maximum atomic E-state index is 12.5. The highest BCUT2D eigenvalue weighted by molar-refractivity contribution is 5.87. The minimum atomic E-state index is -0.957. The Kier molecular flexibility index (Phi) is 5.40. The number of nitrogens with zero attached hydrogens (tertiary/aromatic N) is 1. The van der Waals surface area contributed by atoms with E-state index >= 15 is 0 Å². The third kappa shape index (κ3) is 4.19. The molecule has 0 aromatic rings. The van der Waals surface area contributed by atoms with Gasteiger partial charge in [0.2, 0.25) is 5.91 Å². The smallest absolute Gasteiger partial charge is 0.408 e. The summed E-state index contributed by atoms with van der Waals surface area (Å²) in [5, 5.41) is 12.0. The van der Waals surface area contributed by atoms with Crippen molar-refractivity contribution in [2.45, 2.75) is 58.6 Å². The number of rotatable bonds is 3. The van der Waals surface area contributed by atoms with Gasteiger partial charge in [0.15, 0.2) is 0 Å². The molecule has 1 aliphatic carbocycles. The van der Waals surface area contributed by atoms with Crippen LogP contribution in [0.3, 0.4) is 0 Å². The van der Waals surface area contributed by atoms with Crippen molar-refractivity contribution in [3.05, 3.63) is 0 Å². The van der Waals surface area contributed by atoms with Gasteiger partial charge in [-0.25, -0.2) is 9.59 Å². The van der Waals surface area contributed by atoms with Gasteiger partial charge >= 0.3 is 12.1 Å². The zero-order valence-electron chi connectivity index (χ0n) is 14.9. The minimum absolute atomic E-state index is 0.00160. The number of likely N-dealkylation sites (tertiary alicyclic amines) is 1. The van der Waals surface area contributed by atoms with Gasteiger partial charge in [-0.3, -0.25) is 4.79 Å². The van der Waals surface area contributed by atoms with Crippen molar-refractivity contribution >= 4 is 18.0 Å². The second-order valence-corrected chi connectivity index (χ2v) is 7.93. The Morgan fingerprint density at radius 3 is 2.50 bits per heavy atom. The van der Waals surface area contributed by atoms with E-state index < -0.39 is 23.7 Å². The van der Waals surface area contributed by atoms with E-state index in [-0.39, 0.29) is 24.3 Å². The van der Waals surface area contributed by atoms with E-state index in [1.165, 1.54) is 4.90 Å². The van der Waals surface area contributed by atoms with E-state index in [2.05, 4.69) is 12.2 Å². The zero-order chi connectivity index (χ0) is 18.1. The number of hydrogen-bond acceptors (Lipinski definition) is 4. The Morgan fingerprint density at radius 1 is 1.25 bits per heavy atom. The highest BCUT2D eigenvalue weighted by atomic mass is 16.6. The Morgan fingerprint density at radius 2 is 1.92 bits per heavy atom. The van der Waals surface area contributed by atoms with Gasteiger partial charge in [0, 0.05) is 6.54 Å². The molecule has 7 nitrogen and oxygen atoms in total. The van der Waals surface area contributed by atoms with Crippen molar-refractivity contribution in [1.29, 1.82) is 0 Å². The Balaban J connectivity index is 2.00. The summed E-state index contributed by atoms with van der Waals surface area (Å²) >= 11 is 0. The van der Waals surface area contributed by atoms with Gasteiger partial charge in [0.05, 0.1) is 0 Å². The predicted molar refractivity (Wildman–Crippen MR) is 87.4 cm³/mol. The van der Waals surface area contributed by atoms with Crippen molar-refractivity contribution in [3.63, 3.8) is 0 Å². The maximum Gasteiger partial charge on any atom is 0.408 e. The summed E-state index contributed by atoms with van der Waals surface area (Å²) in [6.07, 6.45) is 2.37. The van der Waals surface area contributed by atoms with E-state index in [9.17, 15) is 19.5 Å². The second-order valence-electron chi connectivity index (χ2n) is 7.93. The number of carboxylic acid groups (broad SMARTS) is 1. The largest absolute Gasteiger partial charge is 0.480 e. The molecule has 1 aliphatic heterocycles. The molecule has 2 rings (SSSR count). The fourth-order valence-corrected chi connectivity index (χ4v) is 4.03. The van der Waals surface area contributed by atoms with Crippen LogP contribution >= 0.6 is 0 Å². The van der Waals surface area contributed by atoms with E-state index in [4.69, 9.17) is 4.74 Å². The van der Waals surface area contributed by atoms with Gasteiger partial charge in [-0.1, -0.05) is 19.8 Å². The van der Waals surface area contributed by atoms with Crippen molar-refractivity contribution in [2.75, 3.05) is 13.1 Å². The summed E-state index contributed by atoms with van der Waals surface area (Å²) in [6, 6.07) is -0.793. The molecule has 1 saturated heterocycles. The van der Waals surface area contributed by atoms with Crippen LogP contribution in [0.4, 0.5) is 4.79 Å². The quantitative estimate of drug-likeness (QED) is 0.817. The fourth-order valence-electron chi connectivity index (χ4n) is 4.03. The van der Waals surface area contributed by atoms with Gasteiger partial charge in [-0.05, 0) is 44.9 Å². The average molecular weight is 340 g/mol. The van der Waals surface area contributed by atoms with Crippen molar-refractivity contribution in [3.8, 4) is 0 Å². The summed E-state index contributed by atoms with van der Waals surface area (Å²) in [6.45, 7) is 7.50. The molecule has 2 fully saturated rings. The zero-order valence-corrected chi connectivity index (χ0v) is 14.9. The molecular formula is C17H28N2O5. The highest BCUT2D eigenvalue weighted by Gasteiger charge is 2.50. The van der Waals surface area contributed by atoms with Crippen LogP contribution in [0.1, 0.15) is 47.0 Å². The summed E-state index contributed by atoms with van der Waals surface area (Å²) in [5.41, 5.74) is -0.644. The number of carboxylic acids is 1. The minimum Gasteiger partial charge on any atom is -0.480 e. The molecule has 24 heavy (non-hydrogen) atoms. The number of nitrogens with one attached hydrogen (secondary N) is 1. The number of aliphatic carboxylic acids is 1. The first-order valence-electron chi connectivity index (χ1n) is 8.59. The number of carbonyl (C=O) groups excluding carboxylic acids is 2.